The molecule has 0 bridgehead atoms. The summed E-state index contributed by atoms with van der Waals surface area (Å²) in [6, 6.07) is 6.29. The number of ether oxygens (including phenoxy) is 1. The molecule has 1 fully saturated rings. The van der Waals surface area contributed by atoms with Crippen LogP contribution in [0.15, 0.2) is 18.2 Å². The maximum Gasteiger partial charge on any atom is 0.338 e. The minimum Gasteiger partial charge on any atom is -0.465 e. The van der Waals surface area contributed by atoms with E-state index in [1.54, 1.807) is 6.07 Å². The van der Waals surface area contributed by atoms with E-state index in [4.69, 9.17) is 4.74 Å². The van der Waals surface area contributed by atoms with E-state index < -0.39 is 0 Å². The summed E-state index contributed by atoms with van der Waals surface area (Å²) in [4.78, 5) is 14.1. The standard InChI is InChI=1S/C16H24N2O2/c1-12-14(16(19)20-3)8-6-9-15(12)17-11-13-7-4-5-10-18(13)2/h6,8-9,13,17H,4-5,7,10-11H2,1-3H3. The summed E-state index contributed by atoms with van der Waals surface area (Å²) >= 11 is 0. The first kappa shape index (κ1) is 14.9. The second-order valence-electron chi connectivity index (χ2n) is 5.48. The van der Waals surface area contributed by atoms with E-state index in [0.717, 1.165) is 17.8 Å². The van der Waals surface area contributed by atoms with Gasteiger partial charge in [-0.3, -0.25) is 0 Å². The maximum absolute atomic E-state index is 11.7. The van der Waals surface area contributed by atoms with Crippen LogP contribution < -0.4 is 5.32 Å². The van der Waals surface area contributed by atoms with Gasteiger partial charge < -0.3 is 15.0 Å². The number of nitrogens with zero attached hydrogens (tertiary/aromatic N) is 1. The topological polar surface area (TPSA) is 41.6 Å². The molecule has 1 saturated heterocycles. The van der Waals surface area contributed by atoms with Gasteiger partial charge in [0.1, 0.15) is 0 Å². The number of likely N-dealkylation sites (tertiary alicyclic amines) is 1. The fraction of sp³-hybridized carbons (Fsp3) is 0.562. The fourth-order valence-electron chi connectivity index (χ4n) is 2.79. The van der Waals surface area contributed by atoms with Crippen molar-refractivity contribution in [2.45, 2.75) is 32.2 Å². The Morgan fingerprint density at radius 1 is 1.45 bits per heavy atom. The number of methoxy groups -OCH3 is 1. The van der Waals surface area contributed by atoms with Crippen LogP contribution in [0.1, 0.15) is 35.2 Å². The van der Waals surface area contributed by atoms with Gasteiger partial charge in [-0.25, -0.2) is 4.79 Å². The van der Waals surface area contributed by atoms with Gasteiger partial charge in [0.15, 0.2) is 0 Å². The summed E-state index contributed by atoms with van der Waals surface area (Å²) in [5, 5.41) is 3.48. The fourth-order valence-corrected chi connectivity index (χ4v) is 2.79. The van der Waals surface area contributed by atoms with Gasteiger partial charge in [-0.1, -0.05) is 12.5 Å². The minimum atomic E-state index is -0.277. The van der Waals surface area contributed by atoms with Crippen molar-refractivity contribution in [3.8, 4) is 0 Å². The van der Waals surface area contributed by atoms with E-state index in [2.05, 4.69) is 17.3 Å². The molecule has 0 aliphatic carbocycles. The lowest BCUT2D eigenvalue weighted by atomic mass is 10.0. The van der Waals surface area contributed by atoms with Crippen molar-refractivity contribution in [1.29, 1.82) is 0 Å². The zero-order valence-corrected chi connectivity index (χ0v) is 12.6. The maximum atomic E-state index is 11.7. The second kappa shape index (κ2) is 6.75. The molecule has 0 spiro atoms. The average Bonchev–Trinajstić information content (AvgIpc) is 2.47. The van der Waals surface area contributed by atoms with Gasteiger partial charge in [-0.2, -0.15) is 0 Å². The Labute approximate surface area is 121 Å². The van der Waals surface area contributed by atoms with Crippen LogP contribution in [0.3, 0.4) is 0 Å². The van der Waals surface area contributed by atoms with Crippen LogP contribution in [0.4, 0.5) is 5.69 Å². The first-order valence-electron chi connectivity index (χ1n) is 7.25. The SMILES string of the molecule is COC(=O)c1cccc(NCC2CCCCN2C)c1C. The molecule has 20 heavy (non-hydrogen) atoms. The van der Waals surface area contributed by atoms with Crippen molar-refractivity contribution < 1.29 is 9.53 Å². The molecule has 1 unspecified atom stereocenters. The number of hydrogen-bond donors (Lipinski definition) is 1. The summed E-state index contributed by atoms with van der Waals surface area (Å²) in [5.41, 5.74) is 2.61. The molecule has 0 radical (unpaired) electrons. The molecule has 110 valence electrons. The van der Waals surface area contributed by atoms with Gasteiger partial charge in [-0.15, -0.1) is 0 Å². The van der Waals surface area contributed by atoms with Gasteiger partial charge in [0, 0.05) is 18.3 Å². The molecule has 1 aliphatic heterocycles. The molecule has 0 amide bonds. The highest BCUT2D eigenvalue weighted by Gasteiger charge is 2.19. The van der Waals surface area contributed by atoms with E-state index in [9.17, 15) is 4.79 Å². The van der Waals surface area contributed by atoms with Gasteiger partial charge in [0.2, 0.25) is 0 Å². The normalized spacial score (nSPS) is 19.6. The van der Waals surface area contributed by atoms with Crippen LogP contribution in [-0.4, -0.2) is 44.2 Å². The first-order chi connectivity index (χ1) is 9.63. The van der Waals surface area contributed by atoms with E-state index >= 15 is 0 Å². The molecule has 4 nitrogen and oxygen atoms in total. The van der Waals surface area contributed by atoms with Gasteiger partial charge in [0.05, 0.1) is 12.7 Å². The molecule has 1 aliphatic rings. The summed E-state index contributed by atoms with van der Waals surface area (Å²) in [5.74, 6) is -0.277. The number of rotatable bonds is 4. The van der Waals surface area contributed by atoms with Crippen molar-refractivity contribution in [2.24, 2.45) is 0 Å². The molecule has 1 atom stereocenters. The number of likely N-dealkylation sites (N-methyl/N-ethyl adjacent to an activating group) is 1. The first-order valence-corrected chi connectivity index (χ1v) is 7.25. The molecule has 0 aromatic heterocycles. The zero-order chi connectivity index (χ0) is 14.5. The minimum absolute atomic E-state index is 0.277. The van der Waals surface area contributed by atoms with Crippen molar-refractivity contribution in [1.82, 2.24) is 4.90 Å². The Bertz CT molecular complexity index is 474. The van der Waals surface area contributed by atoms with Gasteiger partial charge in [0.25, 0.3) is 0 Å². The third-order valence-electron chi connectivity index (χ3n) is 4.19. The second-order valence-corrected chi connectivity index (χ2v) is 5.48. The molecule has 1 heterocycles. The lowest BCUT2D eigenvalue weighted by Crippen LogP contribution is -2.40. The van der Waals surface area contributed by atoms with Crippen LogP contribution in [-0.2, 0) is 4.74 Å². The van der Waals surface area contributed by atoms with Crippen molar-refractivity contribution in [3.05, 3.63) is 29.3 Å². The lowest BCUT2D eigenvalue weighted by molar-refractivity contribution is 0.0600. The highest BCUT2D eigenvalue weighted by atomic mass is 16.5. The number of benzene rings is 1. The number of anilines is 1. The molecule has 2 rings (SSSR count). The quantitative estimate of drug-likeness (QED) is 0.859. The summed E-state index contributed by atoms with van der Waals surface area (Å²) in [6.07, 6.45) is 3.83. The monoisotopic (exact) mass is 276 g/mol. The largest absolute Gasteiger partial charge is 0.465 e. The van der Waals surface area contributed by atoms with E-state index in [1.165, 1.54) is 32.9 Å². The summed E-state index contributed by atoms with van der Waals surface area (Å²) < 4.78 is 4.81. The number of nitrogens with one attached hydrogen (secondary N) is 1. The number of carbonyl (C=O) groups is 1. The highest BCUT2D eigenvalue weighted by molar-refractivity contribution is 5.92. The van der Waals surface area contributed by atoms with Crippen molar-refractivity contribution in [3.63, 3.8) is 0 Å². The van der Waals surface area contributed by atoms with Crippen molar-refractivity contribution >= 4 is 11.7 Å². The Morgan fingerprint density at radius 2 is 2.25 bits per heavy atom. The number of hydrogen-bond acceptors (Lipinski definition) is 4. The Hall–Kier alpha value is -1.55. The van der Waals surface area contributed by atoms with Crippen molar-refractivity contribution in [2.75, 3.05) is 32.6 Å². The predicted octanol–water partition coefficient (Wildman–Crippen LogP) is 2.68. The molecular weight excluding hydrogens is 252 g/mol. The Balaban J connectivity index is 2.04. The predicted molar refractivity (Wildman–Crippen MR) is 81.3 cm³/mol. The Morgan fingerprint density at radius 3 is 2.95 bits per heavy atom. The molecule has 4 heteroatoms. The van der Waals surface area contributed by atoms with Gasteiger partial charge >= 0.3 is 5.97 Å². The molecule has 0 saturated carbocycles. The van der Waals surface area contributed by atoms with Gasteiger partial charge in [-0.05, 0) is 51.1 Å². The third kappa shape index (κ3) is 3.31. The van der Waals surface area contributed by atoms with E-state index in [0.29, 0.717) is 11.6 Å². The molecule has 1 aromatic rings. The number of esters is 1. The summed E-state index contributed by atoms with van der Waals surface area (Å²) in [6.45, 7) is 4.05. The number of carbonyl (C=O) groups excluding carboxylic acids is 1. The van der Waals surface area contributed by atoms with Crippen LogP contribution in [0.2, 0.25) is 0 Å². The Kier molecular flexibility index (Phi) is 5.01. The van der Waals surface area contributed by atoms with E-state index in [1.807, 2.05) is 19.1 Å². The summed E-state index contributed by atoms with van der Waals surface area (Å²) in [7, 11) is 3.60. The molecular formula is C16H24N2O2. The number of piperidine rings is 1. The van der Waals surface area contributed by atoms with Crippen LogP contribution in [0.25, 0.3) is 0 Å². The highest BCUT2D eigenvalue weighted by Crippen LogP contribution is 2.21. The van der Waals surface area contributed by atoms with E-state index in [-0.39, 0.29) is 5.97 Å². The van der Waals surface area contributed by atoms with Crippen LogP contribution >= 0.6 is 0 Å². The zero-order valence-electron chi connectivity index (χ0n) is 12.6. The lowest BCUT2D eigenvalue weighted by Gasteiger charge is -2.33. The average molecular weight is 276 g/mol. The molecule has 1 N–H and O–H groups in total. The van der Waals surface area contributed by atoms with Crippen LogP contribution in [0, 0.1) is 6.92 Å². The smallest absolute Gasteiger partial charge is 0.338 e. The molecule has 1 aromatic carbocycles. The van der Waals surface area contributed by atoms with Crippen LogP contribution in [0.5, 0.6) is 0 Å². The third-order valence-corrected chi connectivity index (χ3v) is 4.19.